The summed E-state index contributed by atoms with van der Waals surface area (Å²) in [5, 5.41) is 11.2. The summed E-state index contributed by atoms with van der Waals surface area (Å²) in [4.78, 5) is 0. The molecule has 0 aliphatic carbocycles. The Morgan fingerprint density at radius 3 is 0.447 bits per heavy atom. The van der Waals surface area contributed by atoms with Gasteiger partial charge in [0, 0.05) is 15.9 Å². The van der Waals surface area contributed by atoms with Crippen LogP contribution in [0.1, 0.15) is 0 Å². The van der Waals surface area contributed by atoms with Crippen molar-refractivity contribution in [2.45, 2.75) is 0 Å². The number of benzene rings is 15. The molecule has 15 aromatic carbocycles. The van der Waals surface area contributed by atoms with E-state index in [1.807, 2.05) is 0 Å². The zero-order valence-corrected chi connectivity index (χ0v) is 47.8. The minimum absolute atomic E-state index is 1.16. The van der Waals surface area contributed by atoms with Crippen LogP contribution in [0.2, 0.25) is 0 Å². The van der Waals surface area contributed by atoms with Gasteiger partial charge in [-0.2, -0.15) is 0 Å². The Labute approximate surface area is 499 Å². The van der Waals surface area contributed by atoms with Gasteiger partial charge in [0.1, 0.15) is 0 Å². The molecule has 15 aromatic rings. The first kappa shape index (κ1) is 51.4. The van der Waals surface area contributed by atoms with Crippen molar-refractivity contribution in [3.8, 4) is 100 Å². The van der Waals surface area contributed by atoms with Gasteiger partial charge in [-0.3, -0.25) is 0 Å². The fourth-order valence-electron chi connectivity index (χ4n) is 13.3. The lowest BCUT2D eigenvalue weighted by molar-refractivity contribution is 1.59. The Morgan fingerprint density at radius 2 is 0.259 bits per heavy atom. The van der Waals surface area contributed by atoms with E-state index in [4.69, 9.17) is 0 Å². The van der Waals surface area contributed by atoms with Crippen LogP contribution in [0.4, 0.5) is 0 Å². The van der Waals surface area contributed by atoms with Crippen LogP contribution in [-0.2, 0) is 0 Å². The molecule has 85 heavy (non-hydrogen) atoms. The van der Waals surface area contributed by atoms with Crippen molar-refractivity contribution in [1.29, 1.82) is 0 Å². The van der Waals surface area contributed by atoms with Gasteiger partial charge in [-0.05, 0) is 140 Å². The topological polar surface area (TPSA) is 0 Å². The van der Waals surface area contributed by atoms with E-state index in [0.717, 1.165) is 33.4 Å². The van der Waals surface area contributed by atoms with E-state index in [-0.39, 0.29) is 0 Å². The fraction of sp³-hybridized carbons (Fsp3) is 0. The number of rotatable bonds is 12. The number of hydrogen-bond acceptors (Lipinski definition) is 0. The quantitative estimate of drug-likeness (QED) is 0.107. The molecule has 398 valence electrons. The molecule has 1 heteroatoms. The molecule has 0 saturated carbocycles. The SMILES string of the molecule is c1ccc(-c2c(-c3ccccc3)c(P(c3c(-c4ccccc4)c(-c4ccccc4)c(-c4ccccc4)c4ccccc34)c3c(-c4ccccc4)c(-c4ccccc4)c(-c4ccccc4)c4ccccc34)c3ccccc3c2-c2ccccc2)cc1. The summed E-state index contributed by atoms with van der Waals surface area (Å²) in [5.41, 5.74) is 21.5. The normalized spacial score (nSPS) is 11.4. The van der Waals surface area contributed by atoms with Crippen molar-refractivity contribution in [3.63, 3.8) is 0 Å². The molecule has 0 unspecified atom stereocenters. The van der Waals surface area contributed by atoms with Crippen LogP contribution >= 0.6 is 7.92 Å². The molecule has 0 atom stereocenters. The lowest BCUT2D eigenvalue weighted by Gasteiger charge is -2.35. The molecule has 0 fully saturated rings. The van der Waals surface area contributed by atoms with Crippen molar-refractivity contribution in [3.05, 3.63) is 346 Å². The van der Waals surface area contributed by atoms with Crippen LogP contribution in [0.25, 0.3) is 132 Å². The van der Waals surface area contributed by atoms with Crippen LogP contribution in [0, 0.1) is 0 Å². The smallest absolute Gasteiger partial charge is 0.00134 e. The first-order valence-corrected chi connectivity index (χ1v) is 30.7. The Morgan fingerprint density at radius 1 is 0.118 bits per heavy atom. The van der Waals surface area contributed by atoms with Gasteiger partial charge in [-0.1, -0.05) is 346 Å². The van der Waals surface area contributed by atoms with Gasteiger partial charge in [0.25, 0.3) is 0 Å². The molecular weight excluding hydrogens is 1040 g/mol. The number of fused-ring (bicyclic) bond motifs is 3. The van der Waals surface area contributed by atoms with E-state index in [1.54, 1.807) is 0 Å². The fourth-order valence-corrected chi connectivity index (χ4v) is 16.7. The molecular formula is C84H57P. The van der Waals surface area contributed by atoms with Crippen molar-refractivity contribution in [2.75, 3.05) is 0 Å². The minimum atomic E-state index is -1.74. The summed E-state index contributed by atoms with van der Waals surface area (Å²) in [6, 6.07) is 129. The summed E-state index contributed by atoms with van der Waals surface area (Å²) in [6.07, 6.45) is 0. The van der Waals surface area contributed by atoms with Crippen LogP contribution in [0.5, 0.6) is 0 Å². The maximum absolute atomic E-state index is 2.44. The van der Waals surface area contributed by atoms with Crippen LogP contribution in [0.15, 0.2) is 346 Å². The average Bonchev–Trinajstić information content (AvgIpc) is 0.818. The van der Waals surface area contributed by atoms with Gasteiger partial charge in [0.2, 0.25) is 0 Å². The Balaban J connectivity index is 1.30. The highest BCUT2D eigenvalue weighted by molar-refractivity contribution is 7.82. The summed E-state index contributed by atoms with van der Waals surface area (Å²) >= 11 is 0. The van der Waals surface area contributed by atoms with Gasteiger partial charge in [0.15, 0.2) is 0 Å². The molecule has 0 aliphatic heterocycles. The van der Waals surface area contributed by atoms with E-state index < -0.39 is 7.92 Å². The van der Waals surface area contributed by atoms with E-state index in [0.29, 0.717) is 0 Å². The van der Waals surface area contributed by atoms with Gasteiger partial charge in [-0.25, -0.2) is 0 Å². The first-order valence-electron chi connectivity index (χ1n) is 29.3. The summed E-state index contributed by atoms with van der Waals surface area (Å²) in [5.74, 6) is 0. The zero-order chi connectivity index (χ0) is 56.5. The standard InChI is InChI=1S/C84H57P/c1-10-34-58(35-11-1)73-67-52-28-31-55-70(67)82(79(64-46-22-7-23-47-64)76(73)61-40-16-4-17-41-61)85(83-71-56-32-29-53-68(71)74(59-36-12-2-13-37-59)77(62-42-18-5-19-43-62)80(83)65-48-24-8-25-49-65)84-72-57-33-30-54-69(72)75(60-38-14-3-15-39-60)78(63-44-20-6-21-45-63)81(84)66-50-26-9-27-51-66/h1-57H. The molecule has 0 spiro atoms. The second-order valence-electron chi connectivity index (χ2n) is 21.7. The Hall–Kier alpha value is -10.5. The minimum Gasteiger partial charge on any atom is -0.0622 e. The largest absolute Gasteiger partial charge is 0.0622 e. The summed E-state index contributed by atoms with van der Waals surface area (Å²) in [7, 11) is -1.74. The molecule has 0 heterocycles. The van der Waals surface area contributed by atoms with Gasteiger partial charge < -0.3 is 0 Å². The van der Waals surface area contributed by atoms with E-state index in [1.165, 1.54) is 115 Å². The molecule has 0 nitrogen and oxygen atoms in total. The van der Waals surface area contributed by atoms with E-state index in [9.17, 15) is 0 Å². The molecule has 0 N–H and O–H groups in total. The highest BCUT2D eigenvalue weighted by atomic mass is 31.1. The second-order valence-corrected chi connectivity index (χ2v) is 23.7. The average molecular weight is 1100 g/mol. The molecule has 0 bridgehead atoms. The van der Waals surface area contributed by atoms with Crippen LogP contribution < -0.4 is 15.9 Å². The predicted molar refractivity (Wildman–Crippen MR) is 367 cm³/mol. The van der Waals surface area contributed by atoms with E-state index in [2.05, 4.69) is 346 Å². The van der Waals surface area contributed by atoms with Crippen LogP contribution in [0.3, 0.4) is 0 Å². The highest BCUT2D eigenvalue weighted by Gasteiger charge is 2.38. The first-order chi connectivity index (χ1) is 42.3. The third kappa shape index (κ3) is 9.17. The Bertz CT molecular complexity index is 4360. The third-order valence-electron chi connectivity index (χ3n) is 16.8. The van der Waals surface area contributed by atoms with Crippen LogP contribution in [-0.4, -0.2) is 0 Å². The highest BCUT2D eigenvalue weighted by Crippen LogP contribution is 2.58. The predicted octanol–water partition coefficient (Wildman–Crippen LogP) is 21.9. The summed E-state index contributed by atoms with van der Waals surface area (Å²) < 4.78 is 0. The Kier molecular flexibility index (Phi) is 13.7. The molecule has 0 saturated heterocycles. The molecule has 0 aromatic heterocycles. The molecule has 0 amide bonds. The van der Waals surface area contributed by atoms with Gasteiger partial charge in [-0.15, -0.1) is 0 Å². The second kappa shape index (κ2) is 22.7. The summed E-state index contributed by atoms with van der Waals surface area (Å²) in [6.45, 7) is 0. The monoisotopic (exact) mass is 1100 g/mol. The maximum Gasteiger partial charge on any atom is 0.00134 e. The van der Waals surface area contributed by atoms with Gasteiger partial charge >= 0.3 is 0 Å². The maximum atomic E-state index is 2.44. The zero-order valence-electron chi connectivity index (χ0n) is 46.9. The van der Waals surface area contributed by atoms with Crippen molar-refractivity contribution in [1.82, 2.24) is 0 Å². The van der Waals surface area contributed by atoms with Gasteiger partial charge in [0.05, 0.1) is 0 Å². The molecule has 0 aliphatic rings. The third-order valence-corrected chi connectivity index (χ3v) is 19.5. The van der Waals surface area contributed by atoms with Crippen molar-refractivity contribution >= 4 is 56.2 Å². The lowest BCUT2D eigenvalue weighted by atomic mass is 9.83. The van der Waals surface area contributed by atoms with Crippen molar-refractivity contribution < 1.29 is 0 Å². The van der Waals surface area contributed by atoms with Crippen molar-refractivity contribution in [2.24, 2.45) is 0 Å². The number of hydrogen-bond donors (Lipinski definition) is 0. The molecule has 15 rings (SSSR count). The molecule has 0 radical (unpaired) electrons. The lowest BCUT2D eigenvalue weighted by Crippen LogP contribution is -2.29. The van der Waals surface area contributed by atoms with E-state index >= 15 is 0 Å².